The van der Waals surface area contributed by atoms with E-state index in [9.17, 15) is 13.5 Å². The fourth-order valence-electron chi connectivity index (χ4n) is 1.98. The summed E-state index contributed by atoms with van der Waals surface area (Å²) in [6.07, 6.45) is -1.01. The molecule has 0 amide bonds. The fourth-order valence-corrected chi connectivity index (χ4v) is 3.34. The standard InChI is InChI=1S/C15H16O3S/c1-12-7-5-6-10-14(12)15(16)11-19(17,18)13-8-3-2-4-9-13/h2-10,15-16H,11H2,1H3/t15-/m1/s1. The molecule has 2 rings (SSSR count). The second-order valence-electron chi connectivity index (χ2n) is 4.47. The number of hydrogen-bond donors (Lipinski definition) is 1. The lowest BCUT2D eigenvalue weighted by molar-refractivity contribution is 0.201. The van der Waals surface area contributed by atoms with Gasteiger partial charge in [0.15, 0.2) is 9.84 Å². The summed E-state index contributed by atoms with van der Waals surface area (Å²) < 4.78 is 24.3. The van der Waals surface area contributed by atoms with Crippen LogP contribution in [0.2, 0.25) is 0 Å². The zero-order chi connectivity index (χ0) is 13.9. The van der Waals surface area contributed by atoms with Gasteiger partial charge in [0.2, 0.25) is 0 Å². The Morgan fingerprint density at radius 3 is 2.21 bits per heavy atom. The summed E-state index contributed by atoms with van der Waals surface area (Å²) in [7, 11) is -3.47. The molecule has 0 heterocycles. The largest absolute Gasteiger partial charge is 0.387 e. The van der Waals surface area contributed by atoms with E-state index in [1.807, 2.05) is 19.1 Å². The molecule has 0 spiro atoms. The van der Waals surface area contributed by atoms with E-state index in [0.29, 0.717) is 5.56 Å². The van der Waals surface area contributed by atoms with Gasteiger partial charge in [-0.3, -0.25) is 0 Å². The van der Waals surface area contributed by atoms with Crippen LogP contribution in [0.25, 0.3) is 0 Å². The minimum Gasteiger partial charge on any atom is -0.387 e. The van der Waals surface area contributed by atoms with Gasteiger partial charge in [-0.2, -0.15) is 0 Å². The lowest BCUT2D eigenvalue weighted by Gasteiger charge is -2.14. The summed E-state index contributed by atoms with van der Waals surface area (Å²) in [4.78, 5) is 0.239. The van der Waals surface area contributed by atoms with E-state index >= 15 is 0 Å². The predicted molar refractivity (Wildman–Crippen MR) is 74.6 cm³/mol. The van der Waals surface area contributed by atoms with Crippen LogP contribution >= 0.6 is 0 Å². The molecule has 3 nitrogen and oxygen atoms in total. The second kappa shape index (κ2) is 5.55. The molecule has 0 fully saturated rings. The van der Waals surface area contributed by atoms with Gasteiger partial charge < -0.3 is 5.11 Å². The average molecular weight is 276 g/mol. The zero-order valence-corrected chi connectivity index (χ0v) is 11.5. The van der Waals surface area contributed by atoms with Crippen LogP contribution in [0.5, 0.6) is 0 Å². The molecular weight excluding hydrogens is 260 g/mol. The molecule has 0 unspecified atom stereocenters. The highest BCUT2D eigenvalue weighted by molar-refractivity contribution is 7.91. The van der Waals surface area contributed by atoms with Crippen LogP contribution in [0.3, 0.4) is 0 Å². The number of aryl methyl sites for hydroxylation is 1. The highest BCUT2D eigenvalue weighted by Gasteiger charge is 2.21. The average Bonchev–Trinajstić information content (AvgIpc) is 2.39. The van der Waals surface area contributed by atoms with E-state index in [1.54, 1.807) is 42.5 Å². The Morgan fingerprint density at radius 1 is 1.00 bits per heavy atom. The van der Waals surface area contributed by atoms with E-state index in [2.05, 4.69) is 0 Å². The third kappa shape index (κ3) is 3.22. The molecule has 0 saturated heterocycles. The first-order chi connectivity index (χ1) is 9.00. The van der Waals surface area contributed by atoms with Crippen LogP contribution in [-0.4, -0.2) is 19.3 Å². The summed E-state index contributed by atoms with van der Waals surface area (Å²) >= 11 is 0. The molecule has 0 saturated carbocycles. The van der Waals surface area contributed by atoms with Crippen molar-refractivity contribution in [2.75, 3.05) is 5.75 Å². The number of aliphatic hydroxyl groups is 1. The third-order valence-electron chi connectivity index (χ3n) is 3.03. The van der Waals surface area contributed by atoms with Gasteiger partial charge in [0.05, 0.1) is 16.8 Å². The summed E-state index contributed by atoms with van der Waals surface area (Å²) in [5.41, 5.74) is 1.54. The Balaban J connectivity index is 2.24. The van der Waals surface area contributed by atoms with Crippen LogP contribution in [0.15, 0.2) is 59.5 Å². The summed E-state index contributed by atoms with van der Waals surface area (Å²) in [5.74, 6) is -0.304. The number of benzene rings is 2. The van der Waals surface area contributed by atoms with Crippen LogP contribution < -0.4 is 0 Å². The highest BCUT2D eigenvalue weighted by Crippen LogP contribution is 2.22. The van der Waals surface area contributed by atoms with E-state index < -0.39 is 15.9 Å². The zero-order valence-electron chi connectivity index (χ0n) is 10.7. The van der Waals surface area contributed by atoms with Gasteiger partial charge in [0.25, 0.3) is 0 Å². The molecule has 2 aromatic carbocycles. The molecule has 19 heavy (non-hydrogen) atoms. The first-order valence-electron chi connectivity index (χ1n) is 6.02. The maximum absolute atomic E-state index is 12.2. The van der Waals surface area contributed by atoms with Crippen molar-refractivity contribution < 1.29 is 13.5 Å². The molecule has 1 atom stereocenters. The predicted octanol–water partition coefficient (Wildman–Crippen LogP) is 2.50. The number of aliphatic hydroxyl groups excluding tert-OH is 1. The molecule has 0 aliphatic heterocycles. The Labute approximate surface area is 113 Å². The molecule has 2 aromatic rings. The van der Waals surface area contributed by atoms with Crippen molar-refractivity contribution in [2.24, 2.45) is 0 Å². The molecule has 0 aliphatic rings. The quantitative estimate of drug-likeness (QED) is 0.933. The molecule has 4 heteroatoms. The van der Waals surface area contributed by atoms with E-state index in [1.165, 1.54) is 0 Å². The summed E-state index contributed by atoms with van der Waals surface area (Å²) in [5, 5.41) is 10.1. The van der Waals surface area contributed by atoms with Crippen LogP contribution in [-0.2, 0) is 9.84 Å². The maximum Gasteiger partial charge on any atom is 0.181 e. The fraction of sp³-hybridized carbons (Fsp3) is 0.200. The second-order valence-corrected chi connectivity index (χ2v) is 6.50. The Morgan fingerprint density at radius 2 is 1.58 bits per heavy atom. The molecule has 0 bridgehead atoms. The van der Waals surface area contributed by atoms with Gasteiger partial charge in [-0.05, 0) is 30.2 Å². The Kier molecular flexibility index (Phi) is 4.02. The van der Waals surface area contributed by atoms with Gasteiger partial charge in [-0.15, -0.1) is 0 Å². The maximum atomic E-state index is 12.2. The van der Waals surface area contributed by atoms with E-state index in [4.69, 9.17) is 0 Å². The van der Waals surface area contributed by atoms with E-state index in [-0.39, 0.29) is 10.6 Å². The van der Waals surface area contributed by atoms with Gasteiger partial charge >= 0.3 is 0 Å². The highest BCUT2D eigenvalue weighted by atomic mass is 32.2. The van der Waals surface area contributed by atoms with Crippen molar-refractivity contribution in [3.05, 3.63) is 65.7 Å². The van der Waals surface area contributed by atoms with E-state index in [0.717, 1.165) is 5.56 Å². The third-order valence-corrected chi connectivity index (χ3v) is 4.77. The van der Waals surface area contributed by atoms with Crippen molar-refractivity contribution in [1.29, 1.82) is 0 Å². The van der Waals surface area contributed by atoms with Crippen molar-refractivity contribution in [1.82, 2.24) is 0 Å². The molecule has 100 valence electrons. The number of rotatable bonds is 4. The first kappa shape index (κ1) is 13.8. The van der Waals surface area contributed by atoms with Gasteiger partial charge in [-0.1, -0.05) is 42.5 Å². The molecule has 1 N–H and O–H groups in total. The SMILES string of the molecule is Cc1ccccc1[C@H](O)CS(=O)(=O)c1ccccc1. The number of sulfone groups is 1. The molecular formula is C15H16O3S. The minimum atomic E-state index is -3.47. The Bertz CT molecular complexity index is 648. The molecule has 0 aliphatic carbocycles. The Hall–Kier alpha value is -1.65. The topological polar surface area (TPSA) is 54.4 Å². The lowest BCUT2D eigenvalue weighted by Crippen LogP contribution is -2.15. The lowest BCUT2D eigenvalue weighted by atomic mass is 10.1. The monoisotopic (exact) mass is 276 g/mol. The van der Waals surface area contributed by atoms with Crippen molar-refractivity contribution >= 4 is 9.84 Å². The van der Waals surface area contributed by atoms with Gasteiger partial charge in [0, 0.05) is 0 Å². The molecule has 0 radical (unpaired) electrons. The smallest absolute Gasteiger partial charge is 0.181 e. The molecule has 0 aromatic heterocycles. The van der Waals surface area contributed by atoms with Crippen LogP contribution in [0, 0.1) is 6.92 Å². The van der Waals surface area contributed by atoms with Crippen LogP contribution in [0.4, 0.5) is 0 Å². The number of hydrogen-bond acceptors (Lipinski definition) is 3. The van der Waals surface area contributed by atoms with Gasteiger partial charge in [-0.25, -0.2) is 8.42 Å². The summed E-state index contributed by atoms with van der Waals surface area (Å²) in [6.45, 7) is 1.85. The van der Waals surface area contributed by atoms with Gasteiger partial charge in [0.1, 0.15) is 0 Å². The normalized spacial score (nSPS) is 13.2. The minimum absolute atomic E-state index is 0.239. The first-order valence-corrected chi connectivity index (χ1v) is 7.67. The van der Waals surface area contributed by atoms with Crippen molar-refractivity contribution in [3.8, 4) is 0 Å². The summed E-state index contributed by atoms with van der Waals surface area (Å²) in [6, 6.07) is 15.4. The van der Waals surface area contributed by atoms with Crippen molar-refractivity contribution in [3.63, 3.8) is 0 Å². The van der Waals surface area contributed by atoms with Crippen molar-refractivity contribution in [2.45, 2.75) is 17.9 Å². The van der Waals surface area contributed by atoms with Crippen LogP contribution in [0.1, 0.15) is 17.2 Å².